The summed E-state index contributed by atoms with van der Waals surface area (Å²) >= 11 is 1.44. The van der Waals surface area contributed by atoms with Crippen LogP contribution in [0.3, 0.4) is 0 Å². The van der Waals surface area contributed by atoms with Gasteiger partial charge >= 0.3 is 0 Å². The molecule has 0 aliphatic heterocycles. The Hall–Kier alpha value is -2.08. The monoisotopic (exact) mass is 276 g/mol. The summed E-state index contributed by atoms with van der Waals surface area (Å²) in [6.07, 6.45) is 2.45. The molecule has 2 aromatic rings. The maximum absolute atomic E-state index is 11.6. The fourth-order valence-corrected chi connectivity index (χ4v) is 2.15. The first kappa shape index (κ1) is 13.4. The van der Waals surface area contributed by atoms with E-state index in [0.29, 0.717) is 12.2 Å². The number of anilines is 2. The van der Waals surface area contributed by atoms with Gasteiger partial charge in [-0.25, -0.2) is 4.98 Å². The van der Waals surface area contributed by atoms with Gasteiger partial charge in [0.15, 0.2) is 0 Å². The van der Waals surface area contributed by atoms with E-state index in [9.17, 15) is 4.79 Å². The Morgan fingerprint density at radius 1 is 1.32 bits per heavy atom. The number of rotatable bonds is 6. The van der Waals surface area contributed by atoms with E-state index in [4.69, 9.17) is 5.73 Å². The Kier molecular flexibility index (Phi) is 4.74. The summed E-state index contributed by atoms with van der Waals surface area (Å²) in [7, 11) is 0. The van der Waals surface area contributed by atoms with Gasteiger partial charge < -0.3 is 16.4 Å². The van der Waals surface area contributed by atoms with Crippen molar-refractivity contribution in [2.45, 2.75) is 6.42 Å². The van der Waals surface area contributed by atoms with Gasteiger partial charge in [0.05, 0.1) is 16.8 Å². The lowest BCUT2D eigenvalue weighted by atomic mass is 10.3. The molecule has 0 atom stereocenters. The molecule has 5 nitrogen and oxygen atoms in total. The molecule has 100 valence electrons. The minimum atomic E-state index is -0.0133. The lowest BCUT2D eigenvalue weighted by molar-refractivity contribution is 0.0957. The summed E-state index contributed by atoms with van der Waals surface area (Å²) in [5, 5.41) is 7.93. The molecule has 0 fully saturated rings. The summed E-state index contributed by atoms with van der Waals surface area (Å²) in [5.74, 6) is 0.777. The molecule has 0 aliphatic rings. The molecule has 2 heterocycles. The highest BCUT2D eigenvalue weighted by Crippen LogP contribution is 2.08. The molecule has 0 saturated heterocycles. The minimum Gasteiger partial charge on any atom is -0.397 e. The zero-order chi connectivity index (χ0) is 13.5. The molecular weight excluding hydrogens is 260 g/mol. The predicted octanol–water partition coefficient (Wildman–Crippen LogP) is 1.96. The Morgan fingerprint density at radius 3 is 2.89 bits per heavy atom. The molecule has 0 spiro atoms. The van der Waals surface area contributed by atoms with Crippen LogP contribution in [0.15, 0.2) is 35.8 Å². The number of carbonyl (C=O) groups is 1. The molecule has 19 heavy (non-hydrogen) atoms. The van der Waals surface area contributed by atoms with Crippen LogP contribution in [0.4, 0.5) is 11.5 Å². The number of hydrogen-bond acceptors (Lipinski definition) is 5. The first-order chi connectivity index (χ1) is 9.25. The molecule has 0 unspecified atom stereocenters. The van der Waals surface area contributed by atoms with Crippen LogP contribution in [0.1, 0.15) is 16.1 Å². The fourth-order valence-electron chi connectivity index (χ4n) is 1.51. The van der Waals surface area contributed by atoms with Gasteiger partial charge in [-0.1, -0.05) is 6.07 Å². The van der Waals surface area contributed by atoms with Gasteiger partial charge in [-0.05, 0) is 30.0 Å². The molecule has 2 aromatic heterocycles. The van der Waals surface area contributed by atoms with Crippen molar-refractivity contribution in [3.05, 3.63) is 40.7 Å². The van der Waals surface area contributed by atoms with E-state index in [1.165, 1.54) is 11.3 Å². The summed E-state index contributed by atoms with van der Waals surface area (Å²) < 4.78 is 0. The van der Waals surface area contributed by atoms with Gasteiger partial charge in [0.2, 0.25) is 0 Å². The third-order valence-electron chi connectivity index (χ3n) is 2.48. The number of carbonyl (C=O) groups excluding carboxylic acids is 1. The number of pyridine rings is 1. The third-order valence-corrected chi connectivity index (χ3v) is 3.35. The van der Waals surface area contributed by atoms with Crippen molar-refractivity contribution in [3.8, 4) is 0 Å². The topological polar surface area (TPSA) is 80.0 Å². The molecule has 0 bridgehead atoms. The van der Waals surface area contributed by atoms with E-state index in [1.54, 1.807) is 12.3 Å². The van der Waals surface area contributed by atoms with Crippen LogP contribution in [0.25, 0.3) is 0 Å². The quantitative estimate of drug-likeness (QED) is 0.705. The zero-order valence-electron chi connectivity index (χ0n) is 10.4. The minimum absolute atomic E-state index is 0.0133. The first-order valence-corrected chi connectivity index (χ1v) is 6.91. The largest absolute Gasteiger partial charge is 0.397 e. The number of aromatic nitrogens is 1. The SMILES string of the molecule is Nc1ccc(NCCCNC(=O)c2cccs2)nc1. The molecule has 0 aliphatic carbocycles. The van der Waals surface area contributed by atoms with Gasteiger partial charge in [-0.2, -0.15) is 0 Å². The van der Waals surface area contributed by atoms with Crippen LogP contribution < -0.4 is 16.4 Å². The number of nitrogens with two attached hydrogens (primary N) is 1. The van der Waals surface area contributed by atoms with E-state index in [0.717, 1.165) is 23.7 Å². The third kappa shape index (κ3) is 4.26. The highest BCUT2D eigenvalue weighted by atomic mass is 32.1. The van der Waals surface area contributed by atoms with Gasteiger partial charge in [0.25, 0.3) is 5.91 Å². The lowest BCUT2D eigenvalue weighted by Gasteiger charge is -2.06. The zero-order valence-corrected chi connectivity index (χ0v) is 11.2. The maximum atomic E-state index is 11.6. The van der Waals surface area contributed by atoms with Crippen LogP contribution >= 0.6 is 11.3 Å². The smallest absolute Gasteiger partial charge is 0.261 e. The molecule has 0 aromatic carbocycles. The standard InChI is InChI=1S/C13H16N4OS/c14-10-4-5-12(17-9-10)15-6-2-7-16-13(18)11-3-1-8-19-11/h1,3-5,8-9H,2,6-7,14H2,(H,15,17)(H,16,18). The second-order valence-corrected chi connectivity index (χ2v) is 4.94. The van der Waals surface area contributed by atoms with Crippen molar-refractivity contribution in [1.29, 1.82) is 0 Å². The van der Waals surface area contributed by atoms with Crippen LogP contribution in [-0.4, -0.2) is 24.0 Å². The van der Waals surface area contributed by atoms with Crippen molar-refractivity contribution in [2.24, 2.45) is 0 Å². The number of nitrogens with one attached hydrogen (secondary N) is 2. The van der Waals surface area contributed by atoms with Crippen LogP contribution in [0.2, 0.25) is 0 Å². The number of nitrogen functional groups attached to an aromatic ring is 1. The first-order valence-electron chi connectivity index (χ1n) is 6.03. The van der Waals surface area contributed by atoms with E-state index in [1.807, 2.05) is 23.6 Å². The van der Waals surface area contributed by atoms with Crippen molar-refractivity contribution >= 4 is 28.7 Å². The molecule has 1 amide bonds. The fraction of sp³-hybridized carbons (Fsp3) is 0.231. The van der Waals surface area contributed by atoms with Gasteiger partial charge in [-0.3, -0.25) is 4.79 Å². The van der Waals surface area contributed by atoms with E-state index in [-0.39, 0.29) is 5.91 Å². The Balaban J connectivity index is 1.62. The van der Waals surface area contributed by atoms with Crippen LogP contribution in [0.5, 0.6) is 0 Å². The summed E-state index contributed by atoms with van der Waals surface area (Å²) in [5.41, 5.74) is 6.19. The van der Waals surface area contributed by atoms with E-state index in [2.05, 4.69) is 15.6 Å². The highest BCUT2D eigenvalue weighted by molar-refractivity contribution is 7.12. The van der Waals surface area contributed by atoms with Crippen molar-refractivity contribution < 1.29 is 4.79 Å². The normalized spacial score (nSPS) is 10.1. The Labute approximate surface area is 115 Å². The summed E-state index contributed by atoms with van der Waals surface area (Å²) in [6.45, 7) is 1.39. The Morgan fingerprint density at radius 2 is 2.21 bits per heavy atom. The van der Waals surface area contributed by atoms with Crippen LogP contribution in [-0.2, 0) is 0 Å². The number of amides is 1. The number of nitrogens with zero attached hydrogens (tertiary/aromatic N) is 1. The Bertz CT molecular complexity index is 510. The molecule has 2 rings (SSSR count). The average Bonchev–Trinajstić information content (AvgIpc) is 2.94. The molecular formula is C13H16N4OS. The molecule has 0 radical (unpaired) electrons. The second kappa shape index (κ2) is 6.75. The van der Waals surface area contributed by atoms with Crippen molar-refractivity contribution in [3.63, 3.8) is 0 Å². The summed E-state index contributed by atoms with van der Waals surface area (Å²) in [6, 6.07) is 7.32. The van der Waals surface area contributed by atoms with E-state index >= 15 is 0 Å². The molecule has 6 heteroatoms. The second-order valence-electron chi connectivity index (χ2n) is 3.99. The molecule has 4 N–H and O–H groups in total. The van der Waals surface area contributed by atoms with Crippen LogP contribution in [0, 0.1) is 0 Å². The van der Waals surface area contributed by atoms with Crippen molar-refractivity contribution in [1.82, 2.24) is 10.3 Å². The average molecular weight is 276 g/mol. The number of thiophene rings is 1. The predicted molar refractivity (Wildman–Crippen MR) is 78.4 cm³/mol. The maximum Gasteiger partial charge on any atom is 0.261 e. The van der Waals surface area contributed by atoms with Gasteiger partial charge in [-0.15, -0.1) is 11.3 Å². The highest BCUT2D eigenvalue weighted by Gasteiger charge is 2.04. The number of hydrogen-bond donors (Lipinski definition) is 3. The van der Waals surface area contributed by atoms with Gasteiger partial charge in [0.1, 0.15) is 5.82 Å². The summed E-state index contributed by atoms with van der Waals surface area (Å²) in [4.78, 5) is 16.5. The lowest BCUT2D eigenvalue weighted by Crippen LogP contribution is -2.25. The van der Waals surface area contributed by atoms with Gasteiger partial charge in [0, 0.05) is 13.1 Å². The van der Waals surface area contributed by atoms with Crippen molar-refractivity contribution in [2.75, 3.05) is 24.1 Å². The van der Waals surface area contributed by atoms with E-state index < -0.39 is 0 Å². The molecule has 0 saturated carbocycles.